The molecule has 71 heavy (non-hydrogen) atoms. The fourth-order valence-corrected chi connectivity index (χ4v) is 8.67. The maximum absolute atomic E-state index is 13.9. The number of esters is 2. The molecule has 0 aromatic heterocycles. The first-order valence-corrected chi connectivity index (χ1v) is 28.8. The van der Waals surface area contributed by atoms with E-state index in [0.29, 0.717) is 67.2 Å². The molecule has 0 N–H and O–H groups in total. The maximum Gasteiger partial charge on any atom is 0.343 e. The molecule has 0 heterocycles. The highest BCUT2D eigenvalue weighted by molar-refractivity contribution is 5.93. The van der Waals surface area contributed by atoms with Crippen molar-refractivity contribution in [1.82, 2.24) is 0 Å². The zero-order valence-electron chi connectivity index (χ0n) is 45.4. The van der Waals surface area contributed by atoms with Gasteiger partial charge in [0, 0.05) is 5.57 Å². The van der Waals surface area contributed by atoms with E-state index in [9.17, 15) is 9.59 Å². The summed E-state index contributed by atoms with van der Waals surface area (Å²) in [6.45, 7) is 14.9. The van der Waals surface area contributed by atoms with Crippen molar-refractivity contribution in [2.24, 2.45) is 0 Å². The second-order valence-corrected chi connectivity index (χ2v) is 19.8. The summed E-state index contributed by atoms with van der Waals surface area (Å²) >= 11 is 0. The van der Waals surface area contributed by atoms with Crippen molar-refractivity contribution in [2.45, 2.75) is 233 Å². The van der Waals surface area contributed by atoms with Crippen molar-refractivity contribution < 1.29 is 38.0 Å². The van der Waals surface area contributed by atoms with Gasteiger partial charge in [0.05, 0.1) is 38.6 Å². The van der Waals surface area contributed by atoms with Crippen LogP contribution >= 0.6 is 0 Å². The maximum atomic E-state index is 13.9. The average molecular weight is 983 g/mol. The molecule has 0 aliphatic rings. The summed E-state index contributed by atoms with van der Waals surface area (Å²) in [6.07, 6.45) is 38.2. The van der Waals surface area contributed by atoms with Crippen LogP contribution in [0, 0.1) is 0 Å². The zero-order valence-corrected chi connectivity index (χ0v) is 45.4. The molecule has 0 radical (unpaired) electrons. The van der Waals surface area contributed by atoms with Crippen LogP contribution in [0.25, 0.3) is 11.1 Å². The van der Waals surface area contributed by atoms with Gasteiger partial charge < -0.3 is 28.4 Å². The van der Waals surface area contributed by atoms with Crippen molar-refractivity contribution in [2.75, 3.05) is 33.0 Å². The summed E-state index contributed by atoms with van der Waals surface area (Å²) in [5.41, 5.74) is 2.92. The van der Waals surface area contributed by atoms with Crippen LogP contribution in [0.15, 0.2) is 72.8 Å². The lowest BCUT2D eigenvalue weighted by Crippen LogP contribution is -2.12. The molecule has 0 saturated carbocycles. The smallest absolute Gasteiger partial charge is 0.343 e. The quantitative estimate of drug-likeness (QED) is 0.0239. The fraction of sp³-hybridized carbons (Fsp3) is 0.651. The Bertz CT molecular complexity index is 1760. The number of hydrogen-bond donors (Lipinski definition) is 0. The Morgan fingerprint density at radius 3 is 1.10 bits per heavy atom. The van der Waals surface area contributed by atoms with Crippen LogP contribution in [0.4, 0.5) is 0 Å². The standard InChI is InChI=1S/C63H98O8/c1-6-9-12-15-18-23-29-34-47-67-59-51-56(52-60(68-48-35-30-24-19-16-13-10-7-2)61(59)69-49-36-31-25-20-17-14-11-8-3)63(65)71-58-44-40-55(41-45-58)54-38-42-57(43-39-54)66-46-33-28-26-21-22-27-32-37-50-70-62(64)53(4)5/h38-45,51-52H,4,6-37,46-50H2,1-3,5H3. The second kappa shape index (κ2) is 41.1. The molecule has 0 unspecified atom stereocenters. The van der Waals surface area contributed by atoms with Crippen LogP contribution in [0.5, 0.6) is 28.7 Å². The Balaban J connectivity index is 1.59. The molecule has 0 spiro atoms. The molecule has 8 nitrogen and oxygen atoms in total. The van der Waals surface area contributed by atoms with Crippen LogP contribution in [-0.4, -0.2) is 45.0 Å². The lowest BCUT2D eigenvalue weighted by Gasteiger charge is -2.19. The lowest BCUT2D eigenvalue weighted by atomic mass is 10.1. The van der Waals surface area contributed by atoms with Gasteiger partial charge in [-0.2, -0.15) is 0 Å². The Labute approximate surface area is 432 Å². The molecule has 0 atom stereocenters. The molecular weight excluding hydrogens is 885 g/mol. The van der Waals surface area contributed by atoms with E-state index in [2.05, 4.69) is 39.5 Å². The van der Waals surface area contributed by atoms with E-state index in [1.54, 1.807) is 19.1 Å². The van der Waals surface area contributed by atoms with Crippen molar-refractivity contribution in [3.05, 3.63) is 78.4 Å². The molecule has 3 aromatic rings. The molecule has 3 rings (SSSR count). The summed E-state index contributed by atoms with van der Waals surface area (Å²) in [5.74, 6) is 2.28. The summed E-state index contributed by atoms with van der Waals surface area (Å²) in [6, 6.07) is 19.4. The number of ether oxygens (including phenoxy) is 6. The second-order valence-electron chi connectivity index (χ2n) is 19.8. The van der Waals surface area contributed by atoms with Crippen molar-refractivity contribution in [1.29, 1.82) is 0 Å². The molecule has 0 fully saturated rings. The van der Waals surface area contributed by atoms with Gasteiger partial charge in [0.1, 0.15) is 11.5 Å². The number of hydrogen-bond acceptors (Lipinski definition) is 8. The first kappa shape index (κ1) is 60.8. The van der Waals surface area contributed by atoms with Crippen molar-refractivity contribution in [3.63, 3.8) is 0 Å². The number of carbonyl (C=O) groups excluding carboxylic acids is 2. The highest BCUT2D eigenvalue weighted by Gasteiger charge is 2.21. The molecule has 0 bridgehead atoms. The van der Waals surface area contributed by atoms with Gasteiger partial charge in [0.25, 0.3) is 0 Å². The molecule has 8 heteroatoms. The minimum atomic E-state index is -0.460. The summed E-state index contributed by atoms with van der Waals surface area (Å²) in [7, 11) is 0. The normalized spacial score (nSPS) is 11.1. The third kappa shape index (κ3) is 29.0. The van der Waals surface area contributed by atoms with Crippen molar-refractivity contribution in [3.8, 4) is 39.9 Å². The van der Waals surface area contributed by atoms with Gasteiger partial charge in [-0.15, -0.1) is 0 Å². The van der Waals surface area contributed by atoms with Gasteiger partial charge in [-0.1, -0.05) is 225 Å². The Hall–Kier alpha value is -4.46. The minimum Gasteiger partial charge on any atom is -0.494 e. The first-order chi connectivity index (χ1) is 34.9. The Kier molecular flexibility index (Phi) is 35.2. The van der Waals surface area contributed by atoms with Gasteiger partial charge in [-0.05, 0) is 86.6 Å². The highest BCUT2D eigenvalue weighted by Crippen LogP contribution is 2.40. The number of benzene rings is 3. The van der Waals surface area contributed by atoms with E-state index in [4.69, 9.17) is 28.4 Å². The van der Waals surface area contributed by atoms with Crippen LogP contribution in [0.3, 0.4) is 0 Å². The predicted octanol–water partition coefficient (Wildman–Crippen LogP) is 18.8. The number of carbonyl (C=O) groups is 2. The lowest BCUT2D eigenvalue weighted by molar-refractivity contribution is -0.139. The van der Waals surface area contributed by atoms with Crippen LogP contribution in [-0.2, 0) is 9.53 Å². The van der Waals surface area contributed by atoms with Gasteiger partial charge in [0.2, 0.25) is 5.75 Å². The molecular formula is C63H98O8. The molecule has 0 aliphatic heterocycles. The van der Waals surface area contributed by atoms with Crippen LogP contribution in [0.1, 0.15) is 244 Å². The Morgan fingerprint density at radius 2 is 0.718 bits per heavy atom. The van der Waals surface area contributed by atoms with Crippen LogP contribution in [0.2, 0.25) is 0 Å². The van der Waals surface area contributed by atoms with Crippen molar-refractivity contribution >= 4 is 11.9 Å². The molecule has 0 saturated heterocycles. The van der Waals surface area contributed by atoms with E-state index in [0.717, 1.165) is 87.5 Å². The number of unbranched alkanes of at least 4 members (excludes halogenated alkanes) is 28. The van der Waals surface area contributed by atoms with Gasteiger partial charge in [-0.3, -0.25) is 0 Å². The topological polar surface area (TPSA) is 89.5 Å². The minimum absolute atomic E-state index is 0.295. The summed E-state index contributed by atoms with van der Waals surface area (Å²) in [5, 5.41) is 0. The molecule has 3 aromatic carbocycles. The van der Waals surface area contributed by atoms with E-state index in [1.165, 1.54) is 135 Å². The van der Waals surface area contributed by atoms with Crippen LogP contribution < -0.4 is 23.7 Å². The molecule has 0 aliphatic carbocycles. The largest absolute Gasteiger partial charge is 0.494 e. The molecule has 0 amide bonds. The van der Waals surface area contributed by atoms with Gasteiger partial charge in [0.15, 0.2) is 11.5 Å². The predicted molar refractivity (Wildman–Crippen MR) is 296 cm³/mol. The highest BCUT2D eigenvalue weighted by atomic mass is 16.5. The molecule has 398 valence electrons. The monoisotopic (exact) mass is 983 g/mol. The SMILES string of the molecule is C=C(C)C(=O)OCCCCCCCCCCOc1ccc(-c2ccc(OC(=O)c3cc(OCCCCCCCCCC)c(OCCCCCCCCCC)c(OCCCCCCCCCC)c3)cc2)cc1. The summed E-state index contributed by atoms with van der Waals surface area (Å²) < 4.78 is 36.8. The van der Waals surface area contributed by atoms with Gasteiger partial charge in [-0.25, -0.2) is 9.59 Å². The Morgan fingerprint density at radius 1 is 0.394 bits per heavy atom. The van der Waals surface area contributed by atoms with E-state index >= 15 is 0 Å². The zero-order chi connectivity index (χ0) is 50.8. The number of rotatable bonds is 46. The summed E-state index contributed by atoms with van der Waals surface area (Å²) in [4.78, 5) is 25.4. The van der Waals surface area contributed by atoms with Gasteiger partial charge >= 0.3 is 11.9 Å². The fourth-order valence-electron chi connectivity index (χ4n) is 8.67. The average Bonchev–Trinajstić information content (AvgIpc) is 3.38. The van der Waals surface area contributed by atoms with E-state index in [1.807, 2.05) is 36.4 Å². The first-order valence-electron chi connectivity index (χ1n) is 28.8. The third-order valence-corrected chi connectivity index (χ3v) is 13.2. The van der Waals surface area contributed by atoms with E-state index in [-0.39, 0.29) is 5.97 Å². The third-order valence-electron chi connectivity index (χ3n) is 13.2. The van der Waals surface area contributed by atoms with E-state index < -0.39 is 5.97 Å².